The first-order valence-electron chi connectivity index (χ1n) is 17.8. The van der Waals surface area contributed by atoms with E-state index in [1.807, 2.05) is 0 Å². The summed E-state index contributed by atoms with van der Waals surface area (Å²) in [6.07, 6.45) is -4.90. The number of hydrogen-bond donors (Lipinski definition) is 1. The van der Waals surface area contributed by atoms with Crippen LogP contribution in [0.1, 0.15) is 98.1 Å². The second-order valence-corrected chi connectivity index (χ2v) is 14.4. The van der Waals surface area contributed by atoms with E-state index in [9.17, 15) is 40.7 Å². The number of rotatable bonds is 10. The van der Waals surface area contributed by atoms with E-state index in [1.165, 1.54) is 6.20 Å². The van der Waals surface area contributed by atoms with E-state index < -0.39 is 84.4 Å². The largest absolute Gasteiger partial charge is 0.348 e. The maximum atomic E-state index is 15.2. The average molecular weight is 779 g/mol. The highest BCUT2D eigenvalue weighted by atomic mass is 19.3. The van der Waals surface area contributed by atoms with Crippen LogP contribution in [0.15, 0.2) is 66.9 Å². The number of aryl methyl sites for hydroxylation is 1. The number of alkyl halides is 6. The topological polar surface area (TPSA) is 94.0 Å². The van der Waals surface area contributed by atoms with Crippen molar-refractivity contribution in [2.45, 2.75) is 75.8 Å². The van der Waals surface area contributed by atoms with Crippen LogP contribution in [0, 0.1) is 11.6 Å². The molecule has 288 valence electrons. The molecule has 0 fully saturated rings. The third kappa shape index (κ3) is 6.76. The number of hydrogen-bond acceptors (Lipinski definition) is 5. The standard InChI is InChI=1S/C41H30F8N4O3/c42-27-10-20(11-28(43)16-27)9-25(12-29(54)19-53-37-34(36(52-53)38(44)45)40(46,47)7-8-41(37,48)49)35-31(23-3-1-21-5-6-33(55)30(21)14-23)15-26(18-50-35)22-2-4-24-17-51-39(56)32(24)13-22/h1-4,10-11,13-16,18,25,38H,5-9,12,17,19H2,(H,51,56)/t25-/m1/s1. The summed E-state index contributed by atoms with van der Waals surface area (Å²) in [5, 5.41) is 6.16. The van der Waals surface area contributed by atoms with Crippen LogP contribution in [-0.2, 0) is 42.6 Å². The lowest BCUT2D eigenvalue weighted by atomic mass is 9.85. The molecule has 1 N–H and O–H groups in total. The quantitative estimate of drug-likeness (QED) is 0.143. The summed E-state index contributed by atoms with van der Waals surface area (Å²) >= 11 is 0. The minimum absolute atomic E-state index is 0.0905. The van der Waals surface area contributed by atoms with Crippen LogP contribution in [0.5, 0.6) is 0 Å². The Labute approximate surface area is 313 Å². The number of nitrogens with one attached hydrogen (secondary N) is 1. The molecule has 8 rings (SSSR count). The number of nitrogens with zero attached hydrogens (tertiary/aromatic N) is 3. The van der Waals surface area contributed by atoms with E-state index >= 15 is 8.78 Å². The molecule has 3 heterocycles. The van der Waals surface area contributed by atoms with Gasteiger partial charge in [-0.05, 0) is 71.0 Å². The normalized spacial score (nSPS) is 17.1. The molecular formula is C41H30F8N4O3. The number of halogens is 8. The average Bonchev–Trinajstić information content (AvgIpc) is 3.84. The van der Waals surface area contributed by atoms with E-state index in [2.05, 4.69) is 10.4 Å². The summed E-state index contributed by atoms with van der Waals surface area (Å²) in [4.78, 5) is 43.9. The van der Waals surface area contributed by atoms with E-state index in [-0.39, 0.29) is 34.1 Å². The number of aromatic nitrogens is 3. The number of carbonyl (C=O) groups excluding carboxylic acids is 3. The molecule has 2 aromatic heterocycles. The van der Waals surface area contributed by atoms with Gasteiger partial charge in [-0.15, -0.1) is 0 Å². The van der Waals surface area contributed by atoms with E-state index in [1.54, 1.807) is 42.5 Å². The molecule has 15 heteroatoms. The van der Waals surface area contributed by atoms with Gasteiger partial charge in [0.05, 0.1) is 11.3 Å². The smallest absolute Gasteiger partial charge is 0.290 e. The first-order chi connectivity index (χ1) is 26.6. The lowest BCUT2D eigenvalue weighted by Crippen LogP contribution is -2.33. The Morgan fingerprint density at radius 2 is 1.46 bits per heavy atom. The van der Waals surface area contributed by atoms with Crippen molar-refractivity contribution >= 4 is 17.5 Å². The second-order valence-electron chi connectivity index (χ2n) is 14.4. The summed E-state index contributed by atoms with van der Waals surface area (Å²) in [5.41, 5.74) is 0.272. The van der Waals surface area contributed by atoms with Crippen molar-refractivity contribution in [2.24, 2.45) is 0 Å². The zero-order valence-electron chi connectivity index (χ0n) is 29.3. The summed E-state index contributed by atoms with van der Waals surface area (Å²) in [6, 6.07) is 14.9. The Morgan fingerprint density at radius 1 is 0.786 bits per heavy atom. The number of pyridine rings is 1. The minimum atomic E-state index is -4.05. The molecule has 5 aromatic rings. The fourth-order valence-corrected chi connectivity index (χ4v) is 8.01. The highest BCUT2D eigenvalue weighted by Gasteiger charge is 2.55. The van der Waals surface area contributed by atoms with Crippen molar-refractivity contribution in [1.29, 1.82) is 0 Å². The molecule has 0 saturated carbocycles. The summed E-state index contributed by atoms with van der Waals surface area (Å²) in [6.45, 7) is -0.728. The highest BCUT2D eigenvalue weighted by Crippen LogP contribution is 2.52. The summed E-state index contributed by atoms with van der Waals surface area (Å²) in [7, 11) is 0. The summed E-state index contributed by atoms with van der Waals surface area (Å²) < 4.78 is 117. The Bertz CT molecular complexity index is 2440. The molecule has 3 aromatic carbocycles. The lowest BCUT2D eigenvalue weighted by Gasteiger charge is -2.29. The van der Waals surface area contributed by atoms with E-state index in [0.717, 1.165) is 23.3 Å². The predicted octanol–water partition coefficient (Wildman–Crippen LogP) is 9.16. The van der Waals surface area contributed by atoms with E-state index in [0.29, 0.717) is 58.8 Å². The van der Waals surface area contributed by atoms with Gasteiger partial charge in [0, 0.05) is 72.7 Å². The van der Waals surface area contributed by atoms with Crippen LogP contribution in [0.25, 0.3) is 22.3 Å². The molecule has 2 aliphatic carbocycles. The number of Topliss-reactive ketones (excluding diaryl/α,β-unsaturated/α-hetero) is 2. The van der Waals surface area contributed by atoms with Crippen molar-refractivity contribution in [3.63, 3.8) is 0 Å². The fraction of sp³-hybridized carbons (Fsp3) is 0.293. The van der Waals surface area contributed by atoms with Crippen molar-refractivity contribution in [3.05, 3.63) is 129 Å². The van der Waals surface area contributed by atoms with Crippen LogP contribution < -0.4 is 5.32 Å². The molecule has 0 bridgehead atoms. The van der Waals surface area contributed by atoms with Crippen LogP contribution in [0.2, 0.25) is 0 Å². The molecule has 7 nitrogen and oxygen atoms in total. The minimum Gasteiger partial charge on any atom is -0.348 e. The maximum absolute atomic E-state index is 15.2. The van der Waals surface area contributed by atoms with Gasteiger partial charge in [-0.3, -0.25) is 24.0 Å². The van der Waals surface area contributed by atoms with Crippen molar-refractivity contribution in [3.8, 4) is 22.3 Å². The molecule has 1 aliphatic heterocycles. The van der Waals surface area contributed by atoms with Gasteiger partial charge in [0.1, 0.15) is 29.6 Å². The zero-order valence-corrected chi connectivity index (χ0v) is 29.3. The Morgan fingerprint density at radius 3 is 2.21 bits per heavy atom. The van der Waals surface area contributed by atoms with Crippen molar-refractivity contribution < 1.29 is 49.5 Å². The number of fused-ring (bicyclic) bond motifs is 3. The molecule has 1 amide bonds. The lowest BCUT2D eigenvalue weighted by molar-refractivity contribution is -0.121. The Hall–Kier alpha value is -5.73. The van der Waals surface area contributed by atoms with Gasteiger partial charge in [-0.1, -0.05) is 24.3 Å². The molecule has 0 saturated heterocycles. The van der Waals surface area contributed by atoms with Gasteiger partial charge >= 0.3 is 0 Å². The van der Waals surface area contributed by atoms with Gasteiger partial charge in [0.2, 0.25) is 0 Å². The second kappa shape index (κ2) is 13.8. The number of ketones is 2. The molecule has 3 aliphatic rings. The van der Waals surface area contributed by atoms with Gasteiger partial charge in [0.25, 0.3) is 24.2 Å². The molecule has 56 heavy (non-hydrogen) atoms. The first-order valence-corrected chi connectivity index (χ1v) is 17.8. The monoisotopic (exact) mass is 778 g/mol. The predicted molar refractivity (Wildman–Crippen MR) is 186 cm³/mol. The van der Waals surface area contributed by atoms with Crippen LogP contribution in [-0.4, -0.2) is 32.2 Å². The number of amides is 1. The molecular weight excluding hydrogens is 748 g/mol. The molecule has 0 radical (unpaired) electrons. The molecule has 0 unspecified atom stereocenters. The summed E-state index contributed by atoms with van der Waals surface area (Å²) in [5.74, 6) is -12.2. The maximum Gasteiger partial charge on any atom is 0.290 e. The zero-order chi connectivity index (χ0) is 39.7. The van der Waals surface area contributed by atoms with Gasteiger partial charge in [-0.25, -0.2) is 26.3 Å². The fourth-order valence-electron chi connectivity index (χ4n) is 8.01. The molecule has 1 atom stereocenters. The Balaban J connectivity index is 1.24. The van der Waals surface area contributed by atoms with Crippen molar-refractivity contribution in [2.75, 3.05) is 0 Å². The van der Waals surface area contributed by atoms with Gasteiger partial charge in [0.15, 0.2) is 11.6 Å². The number of carbonyl (C=O) groups is 3. The third-order valence-electron chi connectivity index (χ3n) is 10.6. The molecule has 0 spiro atoms. The third-order valence-corrected chi connectivity index (χ3v) is 10.6. The van der Waals surface area contributed by atoms with Crippen LogP contribution >= 0.6 is 0 Å². The van der Waals surface area contributed by atoms with Gasteiger partial charge < -0.3 is 5.32 Å². The highest BCUT2D eigenvalue weighted by molar-refractivity contribution is 6.02. The first kappa shape index (κ1) is 37.2. The SMILES string of the molecule is O=C(C[C@@H](Cc1cc(F)cc(F)c1)c1ncc(-c2ccc3c(c2)C(=O)NC3)cc1-c1ccc2c(c1)C(=O)CC2)Cn1nc(C(F)F)c2c1C(F)(F)CCC2(F)F. The van der Waals surface area contributed by atoms with Crippen molar-refractivity contribution in [1.82, 2.24) is 20.1 Å². The number of benzene rings is 3. The van der Waals surface area contributed by atoms with E-state index in [4.69, 9.17) is 4.98 Å². The van der Waals surface area contributed by atoms with Crippen LogP contribution in [0.4, 0.5) is 35.1 Å². The Kier molecular flexibility index (Phi) is 9.16. The van der Waals surface area contributed by atoms with Crippen LogP contribution in [0.3, 0.4) is 0 Å². The van der Waals surface area contributed by atoms with Gasteiger partial charge in [-0.2, -0.15) is 13.9 Å².